The number of ether oxygens (including phenoxy) is 1. The summed E-state index contributed by atoms with van der Waals surface area (Å²) in [6.07, 6.45) is 0. The summed E-state index contributed by atoms with van der Waals surface area (Å²) in [5, 5.41) is 16.4. The lowest BCUT2D eigenvalue weighted by Gasteiger charge is -2.06. The summed E-state index contributed by atoms with van der Waals surface area (Å²) in [4.78, 5) is 12.9. The first-order valence-corrected chi connectivity index (χ1v) is 10.3. The summed E-state index contributed by atoms with van der Waals surface area (Å²) in [6, 6.07) is 14.4. The van der Waals surface area contributed by atoms with Gasteiger partial charge in [-0.3, -0.25) is 10.1 Å². The van der Waals surface area contributed by atoms with Crippen molar-refractivity contribution in [3.8, 4) is 17.0 Å². The average molecular weight is 461 g/mol. The smallest absolute Gasteiger partial charge is 0.263 e. The zero-order valence-corrected chi connectivity index (χ0v) is 17.9. The predicted molar refractivity (Wildman–Crippen MR) is 115 cm³/mol. The number of nitrogens with one attached hydrogen (secondary N) is 1. The summed E-state index contributed by atoms with van der Waals surface area (Å²) in [5.74, 6) is 0.599. The van der Waals surface area contributed by atoms with Gasteiger partial charge < -0.3 is 9.26 Å². The molecule has 0 saturated carbocycles. The number of anilines is 1. The van der Waals surface area contributed by atoms with Crippen molar-refractivity contribution in [3.63, 3.8) is 0 Å². The molecule has 30 heavy (non-hydrogen) atoms. The van der Waals surface area contributed by atoms with E-state index in [1.807, 2.05) is 30.3 Å². The second-order valence-electron chi connectivity index (χ2n) is 6.12. The fourth-order valence-corrected chi connectivity index (χ4v) is 3.94. The zero-order valence-electron chi connectivity index (χ0n) is 15.6. The molecule has 2 aromatic carbocycles. The van der Waals surface area contributed by atoms with E-state index in [4.69, 9.17) is 32.5 Å². The van der Waals surface area contributed by atoms with E-state index in [0.717, 1.165) is 5.75 Å². The van der Waals surface area contributed by atoms with Gasteiger partial charge in [-0.25, -0.2) is 0 Å². The number of aryl methyl sites for hydroxylation is 1. The van der Waals surface area contributed by atoms with E-state index >= 15 is 0 Å². The van der Waals surface area contributed by atoms with Crippen molar-refractivity contribution in [2.75, 3.05) is 5.32 Å². The molecule has 2 aromatic heterocycles. The SMILES string of the molecule is Cc1onc(-c2c(Cl)cccc2Cl)c1C(=O)Nc1nnc(COc2ccccc2)s1. The number of benzene rings is 2. The minimum absolute atomic E-state index is 0.224. The van der Waals surface area contributed by atoms with Gasteiger partial charge in [-0.15, -0.1) is 10.2 Å². The topological polar surface area (TPSA) is 90.1 Å². The summed E-state index contributed by atoms with van der Waals surface area (Å²) < 4.78 is 10.9. The van der Waals surface area contributed by atoms with E-state index in [-0.39, 0.29) is 17.9 Å². The van der Waals surface area contributed by atoms with Crippen LogP contribution >= 0.6 is 34.5 Å². The molecule has 0 aliphatic heterocycles. The lowest BCUT2D eigenvalue weighted by atomic mass is 10.1. The maximum atomic E-state index is 12.9. The Balaban J connectivity index is 1.52. The minimum atomic E-state index is -0.452. The van der Waals surface area contributed by atoms with Crippen molar-refractivity contribution in [1.82, 2.24) is 15.4 Å². The molecule has 0 fully saturated rings. The van der Waals surface area contributed by atoms with Crippen LogP contribution in [0, 0.1) is 6.92 Å². The number of hydrogen-bond acceptors (Lipinski definition) is 7. The van der Waals surface area contributed by atoms with Gasteiger partial charge in [-0.2, -0.15) is 0 Å². The summed E-state index contributed by atoms with van der Waals surface area (Å²) in [5.41, 5.74) is 0.914. The van der Waals surface area contributed by atoms with Crippen molar-refractivity contribution in [3.05, 3.63) is 74.9 Å². The van der Waals surface area contributed by atoms with Crippen LogP contribution < -0.4 is 10.1 Å². The molecule has 1 amide bonds. The Labute approximate surface area is 185 Å². The van der Waals surface area contributed by atoms with E-state index < -0.39 is 5.91 Å². The highest BCUT2D eigenvalue weighted by Crippen LogP contribution is 2.37. The van der Waals surface area contributed by atoms with Crippen LogP contribution in [0.25, 0.3) is 11.3 Å². The Morgan fingerprint density at radius 2 is 1.83 bits per heavy atom. The molecule has 2 heterocycles. The first-order chi connectivity index (χ1) is 14.5. The third-order valence-electron chi connectivity index (χ3n) is 4.08. The molecule has 4 rings (SSSR count). The Morgan fingerprint density at radius 1 is 1.10 bits per heavy atom. The van der Waals surface area contributed by atoms with Gasteiger partial charge >= 0.3 is 0 Å². The fraction of sp³-hybridized carbons (Fsp3) is 0.100. The number of aromatic nitrogens is 3. The largest absolute Gasteiger partial charge is 0.486 e. The van der Waals surface area contributed by atoms with Gasteiger partial charge in [0.25, 0.3) is 5.91 Å². The van der Waals surface area contributed by atoms with Gasteiger partial charge in [0.15, 0.2) is 5.01 Å². The quantitative estimate of drug-likeness (QED) is 0.400. The average Bonchev–Trinajstić information content (AvgIpc) is 3.33. The summed E-state index contributed by atoms with van der Waals surface area (Å²) >= 11 is 13.7. The monoisotopic (exact) mass is 460 g/mol. The van der Waals surface area contributed by atoms with Gasteiger partial charge in [-0.05, 0) is 31.2 Å². The van der Waals surface area contributed by atoms with Crippen LogP contribution in [0.2, 0.25) is 10.0 Å². The molecule has 152 valence electrons. The van der Waals surface area contributed by atoms with Crippen LogP contribution in [0.4, 0.5) is 5.13 Å². The van der Waals surface area contributed by atoms with E-state index in [0.29, 0.717) is 31.5 Å². The van der Waals surface area contributed by atoms with E-state index in [2.05, 4.69) is 20.7 Å². The molecular weight excluding hydrogens is 447 g/mol. The molecule has 4 aromatic rings. The molecule has 7 nitrogen and oxygen atoms in total. The zero-order chi connectivity index (χ0) is 21.1. The van der Waals surface area contributed by atoms with Gasteiger partial charge in [0, 0.05) is 5.56 Å². The third-order valence-corrected chi connectivity index (χ3v) is 5.52. The van der Waals surface area contributed by atoms with Gasteiger partial charge in [0.2, 0.25) is 5.13 Å². The van der Waals surface area contributed by atoms with Crippen LogP contribution in [-0.2, 0) is 6.61 Å². The van der Waals surface area contributed by atoms with Crippen LogP contribution in [-0.4, -0.2) is 21.3 Å². The third kappa shape index (κ3) is 4.30. The summed E-state index contributed by atoms with van der Waals surface area (Å²) in [7, 11) is 0. The fourth-order valence-electron chi connectivity index (χ4n) is 2.72. The van der Waals surface area contributed by atoms with Gasteiger partial charge in [0.05, 0.1) is 10.0 Å². The molecule has 1 N–H and O–H groups in total. The Kier molecular flexibility index (Phi) is 5.98. The number of rotatable bonds is 6. The second-order valence-corrected chi connectivity index (χ2v) is 7.99. The summed E-state index contributed by atoms with van der Waals surface area (Å²) in [6.45, 7) is 1.87. The number of halogens is 2. The molecule has 0 spiro atoms. The number of carbonyl (C=O) groups is 1. The van der Waals surface area contributed by atoms with Crippen LogP contribution in [0.15, 0.2) is 53.1 Å². The molecule has 0 aliphatic rings. The molecule has 0 atom stereocenters. The van der Waals surface area contributed by atoms with Crippen LogP contribution in [0.1, 0.15) is 21.1 Å². The van der Waals surface area contributed by atoms with Crippen LogP contribution in [0.5, 0.6) is 5.75 Å². The number of nitrogens with zero attached hydrogens (tertiary/aromatic N) is 3. The lowest BCUT2D eigenvalue weighted by Crippen LogP contribution is -2.13. The molecular formula is C20H14Cl2N4O3S. The first kappa shape index (κ1) is 20.3. The van der Waals surface area contributed by atoms with Gasteiger partial charge in [-0.1, -0.05) is 64.0 Å². The van der Waals surface area contributed by atoms with Crippen molar-refractivity contribution < 1.29 is 14.1 Å². The van der Waals surface area contributed by atoms with Crippen LogP contribution in [0.3, 0.4) is 0 Å². The molecule has 0 radical (unpaired) electrons. The van der Waals surface area contributed by atoms with Crippen molar-refractivity contribution >= 4 is 45.6 Å². The standard InChI is InChI=1S/C20H14Cl2N4O3S/c1-11-16(18(26-29-11)17-13(21)8-5-9-14(17)22)19(27)23-20-25-24-15(30-20)10-28-12-6-3-2-4-7-12/h2-9H,10H2,1H3,(H,23,25,27). The maximum Gasteiger partial charge on any atom is 0.263 e. The number of para-hydroxylation sites is 1. The maximum absolute atomic E-state index is 12.9. The highest BCUT2D eigenvalue weighted by molar-refractivity contribution is 7.15. The number of hydrogen-bond donors (Lipinski definition) is 1. The molecule has 10 heteroatoms. The molecule has 0 unspecified atom stereocenters. The molecule has 0 aliphatic carbocycles. The van der Waals surface area contributed by atoms with E-state index in [1.54, 1.807) is 25.1 Å². The van der Waals surface area contributed by atoms with Crippen molar-refractivity contribution in [1.29, 1.82) is 0 Å². The van der Waals surface area contributed by atoms with E-state index in [1.165, 1.54) is 11.3 Å². The van der Waals surface area contributed by atoms with Crippen molar-refractivity contribution in [2.45, 2.75) is 13.5 Å². The van der Waals surface area contributed by atoms with Crippen molar-refractivity contribution in [2.24, 2.45) is 0 Å². The Hall–Kier alpha value is -2.94. The van der Waals surface area contributed by atoms with Gasteiger partial charge in [0.1, 0.15) is 29.4 Å². The highest BCUT2D eigenvalue weighted by Gasteiger charge is 2.25. The molecule has 0 saturated heterocycles. The predicted octanol–water partition coefficient (Wildman–Crippen LogP) is 5.64. The normalized spacial score (nSPS) is 10.8. The second kappa shape index (κ2) is 8.83. The minimum Gasteiger partial charge on any atom is -0.486 e. The van der Waals surface area contributed by atoms with E-state index in [9.17, 15) is 4.79 Å². The Morgan fingerprint density at radius 3 is 2.57 bits per heavy atom. The molecule has 0 bridgehead atoms. The Bertz CT molecular complexity index is 1170. The first-order valence-electron chi connectivity index (χ1n) is 8.75. The number of amides is 1. The highest BCUT2D eigenvalue weighted by atomic mass is 35.5. The number of carbonyl (C=O) groups excluding carboxylic acids is 1. The lowest BCUT2D eigenvalue weighted by molar-refractivity contribution is 0.102.